The van der Waals surface area contributed by atoms with Crippen molar-refractivity contribution in [3.05, 3.63) is 39.6 Å². The third-order valence-electron chi connectivity index (χ3n) is 3.40. The highest BCUT2D eigenvalue weighted by Gasteiger charge is 2.18. The summed E-state index contributed by atoms with van der Waals surface area (Å²) in [6.45, 7) is 4.02. The Hall–Kier alpha value is -1.17. The molecular formula is C15H12ClFN2S2. The summed E-state index contributed by atoms with van der Waals surface area (Å²) in [4.78, 5) is 11.6. The molecule has 3 rings (SSSR count). The van der Waals surface area contributed by atoms with Crippen molar-refractivity contribution in [3.8, 4) is 11.4 Å². The van der Waals surface area contributed by atoms with E-state index in [1.165, 1.54) is 17.8 Å². The molecule has 0 saturated heterocycles. The van der Waals surface area contributed by atoms with Crippen molar-refractivity contribution in [1.29, 1.82) is 0 Å². The third-order valence-corrected chi connectivity index (χ3v) is 5.56. The number of hydrogen-bond acceptors (Lipinski definition) is 4. The first-order chi connectivity index (χ1) is 10.0. The molecule has 21 heavy (non-hydrogen) atoms. The fraction of sp³-hybridized carbons (Fsp3) is 0.200. The van der Waals surface area contributed by atoms with Crippen molar-refractivity contribution in [2.75, 3.05) is 6.26 Å². The minimum absolute atomic E-state index is 0.331. The monoisotopic (exact) mass is 338 g/mol. The molecule has 0 atom stereocenters. The Bertz CT molecular complexity index is 845. The van der Waals surface area contributed by atoms with Gasteiger partial charge in [0.15, 0.2) is 5.82 Å². The van der Waals surface area contributed by atoms with Crippen LogP contribution in [-0.2, 0) is 0 Å². The fourth-order valence-corrected chi connectivity index (χ4v) is 4.21. The van der Waals surface area contributed by atoms with Gasteiger partial charge in [-0.25, -0.2) is 14.4 Å². The van der Waals surface area contributed by atoms with Crippen molar-refractivity contribution in [2.45, 2.75) is 18.7 Å². The van der Waals surface area contributed by atoms with Crippen LogP contribution >= 0.6 is 34.7 Å². The molecule has 0 aliphatic heterocycles. The van der Waals surface area contributed by atoms with Crippen molar-refractivity contribution in [3.63, 3.8) is 0 Å². The predicted octanol–water partition coefficient (Wildman–Crippen LogP) is 5.49. The number of thiophene rings is 1. The van der Waals surface area contributed by atoms with Crippen LogP contribution in [0.1, 0.15) is 10.4 Å². The lowest BCUT2D eigenvalue weighted by Crippen LogP contribution is -1.95. The van der Waals surface area contributed by atoms with Gasteiger partial charge in [0, 0.05) is 9.77 Å². The molecule has 0 fully saturated rings. The molecule has 0 N–H and O–H groups in total. The number of nitrogens with zero attached hydrogens (tertiary/aromatic N) is 2. The summed E-state index contributed by atoms with van der Waals surface area (Å²) in [6, 6.07) is 4.96. The highest BCUT2D eigenvalue weighted by Crippen LogP contribution is 2.37. The van der Waals surface area contributed by atoms with Crippen LogP contribution in [0.25, 0.3) is 21.6 Å². The molecule has 0 aliphatic carbocycles. The first-order valence-electron chi connectivity index (χ1n) is 6.29. The van der Waals surface area contributed by atoms with Gasteiger partial charge in [-0.05, 0) is 37.8 Å². The van der Waals surface area contributed by atoms with Gasteiger partial charge in [-0.15, -0.1) is 23.1 Å². The Labute approximate surface area is 135 Å². The van der Waals surface area contributed by atoms with Crippen LogP contribution in [0, 0.1) is 19.7 Å². The van der Waals surface area contributed by atoms with E-state index in [0.29, 0.717) is 16.5 Å². The van der Waals surface area contributed by atoms with Gasteiger partial charge >= 0.3 is 0 Å². The van der Waals surface area contributed by atoms with E-state index in [-0.39, 0.29) is 5.82 Å². The summed E-state index contributed by atoms with van der Waals surface area (Å²) in [5.41, 5.74) is 1.50. The van der Waals surface area contributed by atoms with Crippen LogP contribution in [0.15, 0.2) is 23.1 Å². The van der Waals surface area contributed by atoms with E-state index in [1.807, 2.05) is 26.2 Å². The van der Waals surface area contributed by atoms with Gasteiger partial charge in [0.1, 0.15) is 15.8 Å². The van der Waals surface area contributed by atoms with Gasteiger partial charge < -0.3 is 0 Å². The van der Waals surface area contributed by atoms with Gasteiger partial charge in [0.2, 0.25) is 0 Å². The number of aryl methyl sites for hydroxylation is 2. The molecule has 0 spiro atoms. The molecule has 0 unspecified atom stereocenters. The molecule has 0 saturated carbocycles. The summed E-state index contributed by atoms with van der Waals surface area (Å²) < 4.78 is 14.2. The normalized spacial score (nSPS) is 11.3. The van der Waals surface area contributed by atoms with Gasteiger partial charge in [0.25, 0.3) is 0 Å². The maximum absolute atomic E-state index is 14.2. The molecule has 1 aromatic carbocycles. The molecule has 6 heteroatoms. The van der Waals surface area contributed by atoms with Crippen molar-refractivity contribution >= 4 is 44.9 Å². The van der Waals surface area contributed by atoms with Gasteiger partial charge in [0.05, 0.1) is 10.9 Å². The Morgan fingerprint density at radius 3 is 2.71 bits per heavy atom. The van der Waals surface area contributed by atoms with Gasteiger partial charge in [-0.2, -0.15) is 0 Å². The molecule has 3 aromatic rings. The van der Waals surface area contributed by atoms with E-state index < -0.39 is 0 Å². The lowest BCUT2D eigenvalue weighted by molar-refractivity contribution is 0.627. The number of rotatable bonds is 2. The van der Waals surface area contributed by atoms with Crippen LogP contribution in [0.4, 0.5) is 4.39 Å². The van der Waals surface area contributed by atoms with Crippen LogP contribution in [0.5, 0.6) is 0 Å². The zero-order chi connectivity index (χ0) is 15.1. The lowest BCUT2D eigenvalue weighted by Gasteiger charge is -2.08. The summed E-state index contributed by atoms with van der Waals surface area (Å²) in [7, 11) is 0. The minimum atomic E-state index is -0.331. The quantitative estimate of drug-likeness (QED) is 0.456. The standard InChI is InChI=1S/C15H12ClFN2S2/c1-7-8(2)21-15-11(7)13(16)18-14(19-15)12-9(17)5-4-6-10(12)20-3/h4-6H,1-3H3. The first kappa shape index (κ1) is 14.8. The van der Waals surface area contributed by atoms with E-state index in [1.54, 1.807) is 17.4 Å². The maximum Gasteiger partial charge on any atom is 0.166 e. The van der Waals surface area contributed by atoms with E-state index in [2.05, 4.69) is 9.97 Å². The molecule has 0 radical (unpaired) electrons. The molecule has 2 heterocycles. The number of hydrogen-bond donors (Lipinski definition) is 0. The van der Waals surface area contributed by atoms with Gasteiger partial charge in [-0.1, -0.05) is 17.7 Å². The van der Waals surface area contributed by atoms with E-state index in [0.717, 1.165) is 25.6 Å². The molecule has 0 amide bonds. The topological polar surface area (TPSA) is 25.8 Å². The highest BCUT2D eigenvalue weighted by atomic mass is 35.5. The second-order valence-corrected chi connectivity index (χ2v) is 7.03. The second kappa shape index (κ2) is 5.55. The molecule has 108 valence electrons. The summed E-state index contributed by atoms with van der Waals surface area (Å²) >= 11 is 9.33. The second-order valence-electron chi connectivity index (χ2n) is 4.62. The largest absolute Gasteiger partial charge is 0.217 e. The molecule has 2 nitrogen and oxygen atoms in total. The van der Waals surface area contributed by atoms with Crippen LogP contribution < -0.4 is 0 Å². The Morgan fingerprint density at radius 2 is 2.00 bits per heavy atom. The van der Waals surface area contributed by atoms with E-state index in [4.69, 9.17) is 11.6 Å². The third kappa shape index (κ3) is 2.43. The van der Waals surface area contributed by atoms with Crippen molar-refractivity contribution < 1.29 is 4.39 Å². The molecule has 0 bridgehead atoms. The van der Waals surface area contributed by atoms with E-state index in [9.17, 15) is 4.39 Å². The Kier molecular flexibility index (Phi) is 3.90. The number of halogens is 2. The number of fused-ring (bicyclic) bond motifs is 1. The zero-order valence-electron chi connectivity index (χ0n) is 11.7. The van der Waals surface area contributed by atoms with Crippen LogP contribution in [-0.4, -0.2) is 16.2 Å². The van der Waals surface area contributed by atoms with Crippen LogP contribution in [0.2, 0.25) is 5.15 Å². The Balaban J connectivity index is 2.32. The molecule has 0 aliphatic rings. The molecule has 2 aromatic heterocycles. The predicted molar refractivity (Wildman–Crippen MR) is 89.1 cm³/mol. The van der Waals surface area contributed by atoms with Crippen molar-refractivity contribution in [1.82, 2.24) is 9.97 Å². The summed E-state index contributed by atoms with van der Waals surface area (Å²) in [5, 5.41) is 1.25. The van der Waals surface area contributed by atoms with Gasteiger partial charge in [-0.3, -0.25) is 0 Å². The maximum atomic E-state index is 14.2. The van der Waals surface area contributed by atoms with Crippen LogP contribution in [0.3, 0.4) is 0 Å². The van der Waals surface area contributed by atoms with E-state index >= 15 is 0 Å². The average Bonchev–Trinajstić information content (AvgIpc) is 2.73. The Morgan fingerprint density at radius 1 is 1.24 bits per heavy atom. The minimum Gasteiger partial charge on any atom is -0.217 e. The zero-order valence-corrected chi connectivity index (χ0v) is 14.1. The number of thioether (sulfide) groups is 1. The summed E-state index contributed by atoms with van der Waals surface area (Å²) in [6.07, 6.45) is 1.90. The number of aromatic nitrogens is 2. The summed E-state index contributed by atoms with van der Waals surface area (Å²) in [5.74, 6) is 0.0125. The fourth-order valence-electron chi connectivity index (χ4n) is 2.20. The molecular weight excluding hydrogens is 327 g/mol. The van der Waals surface area contributed by atoms with Crippen molar-refractivity contribution in [2.24, 2.45) is 0 Å². The number of benzene rings is 1. The first-order valence-corrected chi connectivity index (χ1v) is 8.71. The highest BCUT2D eigenvalue weighted by molar-refractivity contribution is 7.98. The smallest absolute Gasteiger partial charge is 0.166 e. The lowest BCUT2D eigenvalue weighted by atomic mass is 10.2. The average molecular weight is 339 g/mol. The SMILES string of the molecule is CSc1cccc(F)c1-c1nc(Cl)c2c(C)c(C)sc2n1.